The van der Waals surface area contributed by atoms with E-state index in [-0.39, 0.29) is 12.4 Å². The van der Waals surface area contributed by atoms with Crippen molar-refractivity contribution in [3.63, 3.8) is 0 Å². The minimum Gasteiger partial charge on any atom is -0.392 e. The molecule has 0 radical (unpaired) electrons. The Hall–Kier alpha value is -1.35. The average molecular weight is 181 g/mol. The third-order valence-corrected chi connectivity index (χ3v) is 1.56. The molecular formula is C10H12FNO. The van der Waals surface area contributed by atoms with Crippen molar-refractivity contribution >= 4 is 5.69 Å². The molecule has 1 aromatic carbocycles. The minimum atomic E-state index is -0.264. The Morgan fingerprint density at radius 2 is 2.08 bits per heavy atom. The van der Waals surface area contributed by atoms with Crippen molar-refractivity contribution in [1.82, 2.24) is 0 Å². The van der Waals surface area contributed by atoms with Gasteiger partial charge in [0.05, 0.1) is 12.3 Å². The first kappa shape index (κ1) is 9.74. The molecular weight excluding hydrogens is 169 g/mol. The predicted octanol–water partition coefficient (Wildman–Crippen LogP) is 1.79. The normalized spacial score (nSPS) is 10.6. The van der Waals surface area contributed by atoms with Crippen LogP contribution >= 0.6 is 0 Å². The molecule has 70 valence electrons. The number of aliphatic hydroxyl groups excluding tert-OH is 1. The molecule has 0 heterocycles. The summed E-state index contributed by atoms with van der Waals surface area (Å²) in [5.74, 6) is -0.264. The van der Waals surface area contributed by atoms with Crippen molar-refractivity contribution in [2.75, 3.05) is 18.5 Å². The van der Waals surface area contributed by atoms with Crippen molar-refractivity contribution in [1.29, 1.82) is 0 Å². The summed E-state index contributed by atoms with van der Waals surface area (Å²) >= 11 is 0. The zero-order valence-electron chi connectivity index (χ0n) is 7.20. The van der Waals surface area contributed by atoms with E-state index < -0.39 is 0 Å². The van der Waals surface area contributed by atoms with Gasteiger partial charge in [0.1, 0.15) is 5.82 Å². The lowest BCUT2D eigenvalue weighted by Crippen LogP contribution is -2.00. The lowest BCUT2D eigenvalue weighted by molar-refractivity contribution is 0.342. The van der Waals surface area contributed by atoms with Crippen LogP contribution in [0.5, 0.6) is 0 Å². The van der Waals surface area contributed by atoms with Gasteiger partial charge in [-0.1, -0.05) is 24.3 Å². The first-order valence-electron chi connectivity index (χ1n) is 4.09. The first-order chi connectivity index (χ1) is 6.34. The van der Waals surface area contributed by atoms with Gasteiger partial charge in [0.25, 0.3) is 0 Å². The van der Waals surface area contributed by atoms with Crippen molar-refractivity contribution in [2.45, 2.75) is 0 Å². The van der Waals surface area contributed by atoms with Crippen LogP contribution in [0, 0.1) is 5.82 Å². The number of hydrogen-bond acceptors (Lipinski definition) is 2. The van der Waals surface area contributed by atoms with Crippen LogP contribution < -0.4 is 5.32 Å². The fourth-order valence-electron chi connectivity index (χ4n) is 0.931. The van der Waals surface area contributed by atoms with E-state index >= 15 is 0 Å². The number of aliphatic hydroxyl groups is 1. The van der Waals surface area contributed by atoms with Gasteiger partial charge in [-0.2, -0.15) is 0 Å². The minimum absolute atomic E-state index is 0.0128. The molecule has 0 saturated carbocycles. The first-order valence-corrected chi connectivity index (χ1v) is 4.09. The zero-order chi connectivity index (χ0) is 9.52. The number of benzene rings is 1. The molecule has 3 heteroatoms. The van der Waals surface area contributed by atoms with Gasteiger partial charge in [-0.3, -0.25) is 0 Å². The predicted molar refractivity (Wildman–Crippen MR) is 51.1 cm³/mol. The van der Waals surface area contributed by atoms with Crippen molar-refractivity contribution in [3.8, 4) is 0 Å². The Kier molecular flexibility index (Phi) is 3.99. The van der Waals surface area contributed by atoms with Gasteiger partial charge in [0, 0.05) is 6.54 Å². The van der Waals surface area contributed by atoms with Gasteiger partial charge in [-0.25, -0.2) is 4.39 Å². The highest BCUT2D eigenvalue weighted by Crippen LogP contribution is 2.11. The van der Waals surface area contributed by atoms with E-state index in [0.717, 1.165) is 0 Å². The Labute approximate surface area is 76.7 Å². The number of rotatable bonds is 4. The largest absolute Gasteiger partial charge is 0.392 e. The molecule has 0 unspecified atom stereocenters. The fraction of sp³-hybridized carbons (Fsp3) is 0.200. The lowest BCUT2D eigenvalue weighted by Gasteiger charge is -2.03. The van der Waals surface area contributed by atoms with Gasteiger partial charge in [-0.15, -0.1) is 0 Å². The standard InChI is InChI=1S/C10H12FNO/c11-9-5-1-2-6-10(9)12-7-3-4-8-13/h1-6,12-13H,7-8H2/b4-3+. The van der Waals surface area contributed by atoms with E-state index in [0.29, 0.717) is 12.2 Å². The van der Waals surface area contributed by atoms with Crippen LogP contribution in [0.25, 0.3) is 0 Å². The second kappa shape index (κ2) is 5.32. The molecule has 0 spiro atoms. The van der Waals surface area contributed by atoms with Gasteiger partial charge >= 0.3 is 0 Å². The highest BCUT2D eigenvalue weighted by atomic mass is 19.1. The number of halogens is 1. The smallest absolute Gasteiger partial charge is 0.146 e. The van der Waals surface area contributed by atoms with Gasteiger partial charge in [0.15, 0.2) is 0 Å². The van der Waals surface area contributed by atoms with Crippen LogP contribution in [-0.4, -0.2) is 18.3 Å². The van der Waals surface area contributed by atoms with E-state index in [9.17, 15) is 4.39 Å². The van der Waals surface area contributed by atoms with Crippen molar-refractivity contribution < 1.29 is 9.50 Å². The maximum Gasteiger partial charge on any atom is 0.146 e. The summed E-state index contributed by atoms with van der Waals surface area (Å²) in [7, 11) is 0. The fourth-order valence-corrected chi connectivity index (χ4v) is 0.931. The second-order valence-corrected chi connectivity index (χ2v) is 2.51. The van der Waals surface area contributed by atoms with Crippen LogP contribution in [0.15, 0.2) is 36.4 Å². The summed E-state index contributed by atoms with van der Waals surface area (Å²) in [6, 6.07) is 6.48. The quantitative estimate of drug-likeness (QED) is 0.694. The molecule has 0 fully saturated rings. The van der Waals surface area contributed by atoms with E-state index in [1.54, 1.807) is 30.4 Å². The molecule has 0 aliphatic rings. The highest BCUT2D eigenvalue weighted by molar-refractivity contribution is 5.44. The number of hydrogen-bond donors (Lipinski definition) is 2. The number of anilines is 1. The van der Waals surface area contributed by atoms with E-state index in [1.807, 2.05) is 0 Å². The molecule has 0 aliphatic carbocycles. The molecule has 0 aromatic heterocycles. The molecule has 1 aromatic rings. The Balaban J connectivity index is 2.45. The number of nitrogens with one attached hydrogen (secondary N) is 1. The second-order valence-electron chi connectivity index (χ2n) is 2.51. The van der Waals surface area contributed by atoms with Crippen molar-refractivity contribution in [2.24, 2.45) is 0 Å². The molecule has 1 rings (SSSR count). The molecule has 2 nitrogen and oxygen atoms in total. The summed E-state index contributed by atoms with van der Waals surface area (Å²) in [5.41, 5.74) is 0.477. The molecule has 0 amide bonds. The molecule has 0 saturated heterocycles. The van der Waals surface area contributed by atoms with E-state index in [4.69, 9.17) is 5.11 Å². The Morgan fingerprint density at radius 3 is 2.77 bits per heavy atom. The van der Waals surface area contributed by atoms with Crippen LogP contribution in [0.1, 0.15) is 0 Å². The third-order valence-electron chi connectivity index (χ3n) is 1.56. The highest BCUT2D eigenvalue weighted by Gasteiger charge is 1.95. The lowest BCUT2D eigenvalue weighted by atomic mass is 10.3. The molecule has 13 heavy (non-hydrogen) atoms. The number of para-hydroxylation sites is 1. The van der Waals surface area contributed by atoms with Crippen molar-refractivity contribution in [3.05, 3.63) is 42.2 Å². The van der Waals surface area contributed by atoms with Gasteiger partial charge < -0.3 is 10.4 Å². The summed E-state index contributed by atoms with van der Waals surface area (Å²) in [6.07, 6.45) is 3.35. The zero-order valence-corrected chi connectivity index (χ0v) is 7.20. The third kappa shape index (κ3) is 3.25. The Morgan fingerprint density at radius 1 is 1.31 bits per heavy atom. The molecule has 0 atom stereocenters. The molecule has 0 aliphatic heterocycles. The maximum atomic E-state index is 13.0. The van der Waals surface area contributed by atoms with Gasteiger partial charge in [0.2, 0.25) is 0 Å². The Bertz CT molecular complexity index is 286. The van der Waals surface area contributed by atoms with Crippen LogP contribution in [0.4, 0.5) is 10.1 Å². The average Bonchev–Trinajstić information content (AvgIpc) is 2.15. The molecule has 0 bridgehead atoms. The SMILES string of the molecule is OC/C=C/CNc1ccccc1F. The van der Waals surface area contributed by atoms with Crippen LogP contribution in [0.2, 0.25) is 0 Å². The summed E-state index contributed by atoms with van der Waals surface area (Å²) < 4.78 is 13.0. The topological polar surface area (TPSA) is 32.3 Å². The molecule has 2 N–H and O–H groups in total. The van der Waals surface area contributed by atoms with Crippen LogP contribution in [0.3, 0.4) is 0 Å². The van der Waals surface area contributed by atoms with Crippen LogP contribution in [-0.2, 0) is 0 Å². The summed E-state index contributed by atoms with van der Waals surface area (Å²) in [5, 5.41) is 11.3. The van der Waals surface area contributed by atoms with Gasteiger partial charge in [-0.05, 0) is 12.1 Å². The summed E-state index contributed by atoms with van der Waals surface area (Å²) in [4.78, 5) is 0. The monoisotopic (exact) mass is 181 g/mol. The van der Waals surface area contributed by atoms with E-state index in [2.05, 4.69) is 5.32 Å². The van der Waals surface area contributed by atoms with E-state index in [1.165, 1.54) is 6.07 Å². The maximum absolute atomic E-state index is 13.0. The summed E-state index contributed by atoms with van der Waals surface area (Å²) in [6.45, 7) is 0.528.